The Morgan fingerprint density at radius 3 is 2.80 bits per heavy atom. The molecule has 25 heavy (non-hydrogen) atoms. The standard InChI is InChI=1S/C17H20FN3O3S/c18-14-5-1-2-6-15(14)25(22,23)21-9-3-4-12(11-21)10-16-19-17(20-24-16)13-7-8-13/h1-2,5-6,12-13H,3-4,7-11H2. The molecule has 1 saturated carbocycles. The highest BCUT2D eigenvalue weighted by Crippen LogP contribution is 2.38. The third-order valence-corrected chi connectivity index (χ3v) is 6.72. The van der Waals surface area contributed by atoms with Crippen molar-refractivity contribution in [2.45, 2.75) is 42.9 Å². The lowest BCUT2D eigenvalue weighted by Crippen LogP contribution is -2.40. The second-order valence-corrected chi connectivity index (χ2v) is 8.73. The van der Waals surface area contributed by atoms with Gasteiger partial charge in [0.15, 0.2) is 5.82 Å². The summed E-state index contributed by atoms with van der Waals surface area (Å²) in [5.74, 6) is 1.15. The summed E-state index contributed by atoms with van der Waals surface area (Å²) in [6.45, 7) is 0.752. The first-order chi connectivity index (χ1) is 12.0. The van der Waals surface area contributed by atoms with Gasteiger partial charge < -0.3 is 4.52 Å². The smallest absolute Gasteiger partial charge is 0.245 e. The van der Waals surface area contributed by atoms with E-state index in [0.717, 1.165) is 31.5 Å². The lowest BCUT2D eigenvalue weighted by molar-refractivity contribution is 0.246. The fourth-order valence-corrected chi connectivity index (χ4v) is 4.93. The topological polar surface area (TPSA) is 76.3 Å². The molecule has 1 atom stereocenters. The van der Waals surface area contributed by atoms with Crippen LogP contribution in [0.3, 0.4) is 0 Å². The van der Waals surface area contributed by atoms with E-state index in [9.17, 15) is 12.8 Å². The number of hydrogen-bond donors (Lipinski definition) is 0. The van der Waals surface area contributed by atoms with Crippen LogP contribution >= 0.6 is 0 Å². The van der Waals surface area contributed by atoms with Crippen molar-refractivity contribution in [1.82, 2.24) is 14.4 Å². The normalized spacial score (nSPS) is 22.2. The van der Waals surface area contributed by atoms with E-state index in [-0.39, 0.29) is 10.8 Å². The van der Waals surface area contributed by atoms with E-state index in [4.69, 9.17) is 4.52 Å². The molecule has 1 unspecified atom stereocenters. The number of benzene rings is 1. The molecule has 2 aromatic rings. The van der Waals surface area contributed by atoms with Gasteiger partial charge in [-0.15, -0.1) is 0 Å². The molecular weight excluding hydrogens is 345 g/mol. The minimum absolute atomic E-state index is 0.0998. The van der Waals surface area contributed by atoms with Crippen molar-refractivity contribution < 1.29 is 17.3 Å². The lowest BCUT2D eigenvalue weighted by Gasteiger charge is -2.31. The van der Waals surface area contributed by atoms with Crippen LogP contribution in [0.2, 0.25) is 0 Å². The molecule has 6 nitrogen and oxygen atoms in total. The Morgan fingerprint density at radius 1 is 1.24 bits per heavy atom. The first kappa shape index (κ1) is 16.7. The molecule has 0 radical (unpaired) electrons. The van der Waals surface area contributed by atoms with E-state index in [1.54, 1.807) is 0 Å². The van der Waals surface area contributed by atoms with Crippen LogP contribution in [0.25, 0.3) is 0 Å². The van der Waals surface area contributed by atoms with Crippen LogP contribution in [0.4, 0.5) is 4.39 Å². The zero-order valence-corrected chi connectivity index (χ0v) is 14.6. The summed E-state index contributed by atoms with van der Waals surface area (Å²) in [4.78, 5) is 4.16. The summed E-state index contributed by atoms with van der Waals surface area (Å²) in [6, 6.07) is 5.51. The molecule has 1 saturated heterocycles. The molecular formula is C17H20FN3O3S. The van der Waals surface area contributed by atoms with Crippen LogP contribution in [-0.4, -0.2) is 36.0 Å². The average Bonchev–Trinajstić information content (AvgIpc) is 3.35. The average molecular weight is 365 g/mol. The molecule has 1 aliphatic carbocycles. The van der Waals surface area contributed by atoms with E-state index in [2.05, 4.69) is 10.1 Å². The third kappa shape index (κ3) is 3.46. The molecule has 8 heteroatoms. The van der Waals surface area contributed by atoms with E-state index in [1.807, 2.05) is 0 Å². The molecule has 1 aromatic heterocycles. The number of sulfonamides is 1. The highest BCUT2D eigenvalue weighted by Gasteiger charge is 2.33. The summed E-state index contributed by atoms with van der Waals surface area (Å²) in [7, 11) is -3.82. The summed E-state index contributed by atoms with van der Waals surface area (Å²) in [5, 5.41) is 4.00. The number of aromatic nitrogens is 2. The maximum Gasteiger partial charge on any atom is 0.245 e. The molecule has 0 N–H and O–H groups in total. The third-order valence-electron chi connectivity index (χ3n) is 4.83. The Bertz CT molecular complexity index is 864. The SMILES string of the molecule is O=S(=O)(c1ccccc1F)N1CCCC(Cc2nc(C3CC3)no2)C1. The molecule has 2 aliphatic rings. The first-order valence-corrected chi connectivity index (χ1v) is 10.0. The number of halogens is 1. The second kappa shape index (κ2) is 6.49. The summed E-state index contributed by atoms with van der Waals surface area (Å²) >= 11 is 0. The number of piperidine rings is 1. The lowest BCUT2D eigenvalue weighted by atomic mass is 9.96. The van der Waals surface area contributed by atoms with E-state index >= 15 is 0 Å². The summed E-state index contributed by atoms with van der Waals surface area (Å²) < 4.78 is 46.1. The minimum atomic E-state index is -3.82. The molecule has 4 rings (SSSR count). The molecule has 2 heterocycles. The maximum absolute atomic E-state index is 13.9. The fraction of sp³-hybridized carbons (Fsp3) is 0.529. The largest absolute Gasteiger partial charge is 0.339 e. The zero-order chi connectivity index (χ0) is 17.4. The maximum atomic E-state index is 13.9. The van der Waals surface area contributed by atoms with Crippen molar-refractivity contribution in [1.29, 1.82) is 0 Å². The van der Waals surface area contributed by atoms with Gasteiger partial charge in [-0.2, -0.15) is 9.29 Å². The number of rotatable bonds is 5. The Labute approximate surface area is 146 Å². The second-order valence-electron chi connectivity index (χ2n) is 6.83. The van der Waals surface area contributed by atoms with Crippen molar-refractivity contribution in [3.05, 3.63) is 41.8 Å². The Morgan fingerprint density at radius 2 is 2.04 bits per heavy atom. The summed E-state index contributed by atoms with van der Waals surface area (Å²) in [6.07, 6.45) is 4.41. The van der Waals surface area contributed by atoms with Crippen LogP contribution < -0.4 is 0 Å². The highest BCUT2D eigenvalue weighted by atomic mass is 32.2. The van der Waals surface area contributed by atoms with Gasteiger partial charge in [0, 0.05) is 25.4 Å². The molecule has 134 valence electrons. The molecule has 0 amide bonds. The Balaban J connectivity index is 1.47. The van der Waals surface area contributed by atoms with Gasteiger partial charge in [-0.1, -0.05) is 17.3 Å². The van der Waals surface area contributed by atoms with Crippen molar-refractivity contribution in [3.63, 3.8) is 0 Å². The quantitative estimate of drug-likeness (QED) is 0.814. The molecule has 0 bridgehead atoms. The van der Waals surface area contributed by atoms with Gasteiger partial charge in [-0.3, -0.25) is 0 Å². The predicted octanol–water partition coefficient (Wildman–Crippen LogP) is 2.73. The van der Waals surface area contributed by atoms with E-state index in [1.165, 1.54) is 28.6 Å². The first-order valence-electron chi connectivity index (χ1n) is 8.61. The highest BCUT2D eigenvalue weighted by molar-refractivity contribution is 7.89. The minimum Gasteiger partial charge on any atom is -0.339 e. The molecule has 1 aliphatic heterocycles. The molecule has 0 spiro atoms. The monoisotopic (exact) mass is 365 g/mol. The van der Waals surface area contributed by atoms with Crippen molar-refractivity contribution in [3.8, 4) is 0 Å². The molecule has 2 fully saturated rings. The van der Waals surface area contributed by atoms with Crippen LogP contribution in [0, 0.1) is 11.7 Å². The zero-order valence-electron chi connectivity index (χ0n) is 13.8. The van der Waals surface area contributed by atoms with Gasteiger partial charge in [0.05, 0.1) is 0 Å². The van der Waals surface area contributed by atoms with E-state index in [0.29, 0.717) is 31.3 Å². The van der Waals surface area contributed by atoms with Gasteiger partial charge in [0.1, 0.15) is 10.7 Å². The van der Waals surface area contributed by atoms with Gasteiger partial charge in [0.2, 0.25) is 15.9 Å². The number of nitrogens with zero attached hydrogens (tertiary/aromatic N) is 3. The Hall–Kier alpha value is -1.80. The van der Waals surface area contributed by atoms with Crippen LogP contribution in [0.1, 0.15) is 43.3 Å². The van der Waals surface area contributed by atoms with Gasteiger partial charge in [-0.05, 0) is 43.7 Å². The van der Waals surface area contributed by atoms with Crippen molar-refractivity contribution in [2.75, 3.05) is 13.1 Å². The van der Waals surface area contributed by atoms with Gasteiger partial charge in [-0.25, -0.2) is 12.8 Å². The Kier molecular flexibility index (Phi) is 4.33. The van der Waals surface area contributed by atoms with Crippen LogP contribution in [0.5, 0.6) is 0 Å². The fourth-order valence-electron chi connectivity index (χ4n) is 3.31. The van der Waals surface area contributed by atoms with Gasteiger partial charge >= 0.3 is 0 Å². The molecule has 1 aromatic carbocycles. The van der Waals surface area contributed by atoms with Crippen molar-refractivity contribution in [2.24, 2.45) is 5.92 Å². The van der Waals surface area contributed by atoms with Crippen molar-refractivity contribution >= 4 is 10.0 Å². The predicted molar refractivity (Wildman–Crippen MR) is 87.9 cm³/mol. The van der Waals surface area contributed by atoms with Crippen LogP contribution in [0.15, 0.2) is 33.7 Å². The van der Waals surface area contributed by atoms with Gasteiger partial charge in [0.25, 0.3) is 0 Å². The number of hydrogen-bond acceptors (Lipinski definition) is 5. The van der Waals surface area contributed by atoms with Crippen LogP contribution in [-0.2, 0) is 16.4 Å². The van der Waals surface area contributed by atoms with E-state index < -0.39 is 15.8 Å². The summed E-state index contributed by atoms with van der Waals surface area (Å²) in [5.41, 5.74) is 0.